The van der Waals surface area contributed by atoms with Crippen molar-refractivity contribution in [1.29, 1.82) is 0 Å². The molecule has 0 aromatic rings. The van der Waals surface area contributed by atoms with Crippen molar-refractivity contribution in [1.82, 2.24) is 0 Å². The van der Waals surface area contributed by atoms with E-state index in [-0.39, 0.29) is 24.0 Å². The predicted octanol–water partition coefficient (Wildman–Crippen LogP) is 9.02. The van der Waals surface area contributed by atoms with Crippen molar-refractivity contribution < 1.29 is 39.6 Å². The molecule has 0 amide bonds. The van der Waals surface area contributed by atoms with Crippen LogP contribution in [0, 0.1) is 5.92 Å². The standard InChI is InChI=1S/C36H54O8/c1-4-6-8-10-12-14-16-18-20-22-25-29(37)33(41)27(34(42)30(25)38)24(3)28-35(43)31(39)26(32(40)36(28)44)23-21-19-17-15-13-11-9-7-5-2/h24,37,39,42,44H,4-23H2,1-3H3. The topological polar surface area (TPSA) is 149 Å². The van der Waals surface area contributed by atoms with Crippen LogP contribution in [0.2, 0.25) is 0 Å². The zero-order chi connectivity index (χ0) is 32.6. The van der Waals surface area contributed by atoms with E-state index in [9.17, 15) is 39.6 Å². The summed E-state index contributed by atoms with van der Waals surface area (Å²) in [7, 11) is 0. The third-order valence-electron chi connectivity index (χ3n) is 8.91. The summed E-state index contributed by atoms with van der Waals surface area (Å²) >= 11 is 0. The number of unbranched alkanes of at least 4 members (excludes halogenated alkanes) is 16. The van der Waals surface area contributed by atoms with E-state index in [1.807, 2.05) is 0 Å². The Labute approximate surface area is 263 Å². The Morgan fingerprint density at radius 1 is 0.409 bits per heavy atom. The maximum atomic E-state index is 13.1. The van der Waals surface area contributed by atoms with Gasteiger partial charge in [-0.2, -0.15) is 0 Å². The first kappa shape index (κ1) is 37.0. The number of Topliss-reactive ketones (excluding diaryl/α,β-unsaturated/α-hetero) is 4. The number of hydrogen-bond acceptors (Lipinski definition) is 8. The van der Waals surface area contributed by atoms with Gasteiger partial charge in [0.05, 0.1) is 11.1 Å². The molecule has 44 heavy (non-hydrogen) atoms. The summed E-state index contributed by atoms with van der Waals surface area (Å²) in [6.07, 6.45) is 19.1. The van der Waals surface area contributed by atoms with Crippen LogP contribution < -0.4 is 0 Å². The van der Waals surface area contributed by atoms with Crippen LogP contribution in [0.5, 0.6) is 0 Å². The lowest BCUT2D eigenvalue weighted by atomic mass is 9.77. The number of rotatable bonds is 22. The number of ketones is 4. The molecule has 2 aliphatic carbocycles. The highest BCUT2D eigenvalue weighted by atomic mass is 16.3. The molecule has 0 saturated heterocycles. The first-order valence-electron chi connectivity index (χ1n) is 17.0. The molecular weight excluding hydrogens is 560 g/mol. The Hall–Kier alpha value is -3.16. The highest BCUT2D eigenvalue weighted by Gasteiger charge is 2.43. The summed E-state index contributed by atoms with van der Waals surface area (Å²) in [6.45, 7) is 5.62. The first-order chi connectivity index (χ1) is 21.1. The molecule has 0 unspecified atom stereocenters. The molecule has 0 heterocycles. The molecule has 0 spiro atoms. The van der Waals surface area contributed by atoms with Crippen LogP contribution in [0.25, 0.3) is 0 Å². The maximum absolute atomic E-state index is 13.1. The van der Waals surface area contributed by atoms with E-state index >= 15 is 0 Å². The maximum Gasteiger partial charge on any atom is 0.228 e. The number of hydrogen-bond donors (Lipinski definition) is 4. The lowest BCUT2D eigenvalue weighted by Gasteiger charge is -2.26. The van der Waals surface area contributed by atoms with Crippen LogP contribution in [-0.4, -0.2) is 43.6 Å². The van der Waals surface area contributed by atoms with Gasteiger partial charge in [-0.3, -0.25) is 19.2 Å². The minimum atomic E-state index is -1.42. The number of aliphatic hydroxyl groups is 4. The monoisotopic (exact) mass is 614 g/mol. The molecular formula is C36H54O8. The Balaban J connectivity index is 2.00. The predicted molar refractivity (Wildman–Crippen MR) is 171 cm³/mol. The Kier molecular flexibility index (Phi) is 16.2. The van der Waals surface area contributed by atoms with Crippen molar-refractivity contribution in [3.63, 3.8) is 0 Å². The van der Waals surface area contributed by atoms with Gasteiger partial charge in [0.2, 0.25) is 23.1 Å². The van der Waals surface area contributed by atoms with Gasteiger partial charge in [0.15, 0.2) is 23.0 Å². The highest BCUT2D eigenvalue weighted by molar-refractivity contribution is 6.27. The smallest absolute Gasteiger partial charge is 0.228 e. The average molecular weight is 615 g/mol. The van der Waals surface area contributed by atoms with Crippen LogP contribution in [0.1, 0.15) is 149 Å². The second-order valence-electron chi connectivity index (χ2n) is 12.4. The molecule has 2 rings (SSSR count). The Morgan fingerprint density at radius 3 is 0.977 bits per heavy atom. The molecule has 0 aliphatic heterocycles. The lowest BCUT2D eigenvalue weighted by molar-refractivity contribution is -0.121. The minimum absolute atomic E-state index is 0.120. The van der Waals surface area contributed by atoms with Gasteiger partial charge in [-0.05, 0) is 25.7 Å². The first-order valence-corrected chi connectivity index (χ1v) is 17.0. The Morgan fingerprint density at radius 2 is 0.682 bits per heavy atom. The molecule has 8 nitrogen and oxygen atoms in total. The number of carbonyl (C=O) groups is 4. The molecule has 0 radical (unpaired) electrons. The molecule has 2 aliphatic rings. The van der Waals surface area contributed by atoms with Gasteiger partial charge in [0.25, 0.3) is 0 Å². The molecule has 0 fully saturated rings. The van der Waals surface area contributed by atoms with Gasteiger partial charge < -0.3 is 20.4 Å². The third-order valence-corrected chi connectivity index (χ3v) is 8.91. The van der Waals surface area contributed by atoms with Gasteiger partial charge in [0.1, 0.15) is 0 Å². The molecule has 0 aromatic heterocycles. The average Bonchev–Trinajstić information content (AvgIpc) is 3.00. The van der Waals surface area contributed by atoms with Crippen molar-refractivity contribution in [3.8, 4) is 0 Å². The van der Waals surface area contributed by atoms with E-state index in [2.05, 4.69) is 13.8 Å². The number of carbonyl (C=O) groups excluding carboxylic acids is 4. The van der Waals surface area contributed by atoms with Crippen LogP contribution in [0.3, 0.4) is 0 Å². The van der Waals surface area contributed by atoms with Crippen molar-refractivity contribution in [2.45, 2.75) is 149 Å². The summed E-state index contributed by atoms with van der Waals surface area (Å²) in [5, 5.41) is 42.7. The van der Waals surface area contributed by atoms with Gasteiger partial charge in [-0.25, -0.2) is 0 Å². The SMILES string of the molecule is CCCCCCCCCCCC1=C(O)C(=O)C(C(C)C2=C(O)C(=O)C(CCCCCCCCCCC)=C(O)C2=O)=C(O)C1=O. The van der Waals surface area contributed by atoms with Gasteiger partial charge in [0, 0.05) is 17.1 Å². The van der Waals surface area contributed by atoms with E-state index < -0.39 is 63.2 Å². The van der Waals surface area contributed by atoms with E-state index in [1.54, 1.807) is 0 Å². The third kappa shape index (κ3) is 9.93. The van der Waals surface area contributed by atoms with E-state index in [0.717, 1.165) is 51.4 Å². The summed E-state index contributed by atoms with van der Waals surface area (Å²) < 4.78 is 0. The second-order valence-corrected chi connectivity index (χ2v) is 12.4. The Bertz CT molecular complexity index is 1080. The quantitative estimate of drug-likeness (QED) is 0.0697. The van der Waals surface area contributed by atoms with Gasteiger partial charge in [-0.15, -0.1) is 0 Å². The van der Waals surface area contributed by atoms with E-state index in [0.29, 0.717) is 12.8 Å². The summed E-state index contributed by atoms with van der Waals surface area (Å²) in [5.41, 5.74) is -1.52. The fourth-order valence-electron chi connectivity index (χ4n) is 6.13. The normalized spacial score (nSPS) is 16.5. The molecule has 246 valence electrons. The molecule has 4 N–H and O–H groups in total. The summed E-state index contributed by atoms with van der Waals surface area (Å²) in [5.74, 6) is -8.75. The van der Waals surface area contributed by atoms with E-state index in [4.69, 9.17) is 0 Å². The van der Waals surface area contributed by atoms with Gasteiger partial charge in [-0.1, -0.05) is 124 Å². The van der Waals surface area contributed by atoms with Crippen LogP contribution >= 0.6 is 0 Å². The fourth-order valence-corrected chi connectivity index (χ4v) is 6.13. The van der Waals surface area contributed by atoms with Crippen LogP contribution in [-0.2, 0) is 19.2 Å². The van der Waals surface area contributed by atoms with Crippen molar-refractivity contribution in [2.75, 3.05) is 0 Å². The summed E-state index contributed by atoms with van der Waals surface area (Å²) in [4.78, 5) is 52.2. The van der Waals surface area contributed by atoms with Crippen LogP contribution in [0.15, 0.2) is 45.3 Å². The molecule has 0 aromatic carbocycles. The van der Waals surface area contributed by atoms with Crippen molar-refractivity contribution in [3.05, 3.63) is 45.3 Å². The zero-order valence-electron chi connectivity index (χ0n) is 27.1. The molecule has 0 saturated carbocycles. The van der Waals surface area contributed by atoms with E-state index in [1.165, 1.54) is 58.3 Å². The number of aliphatic hydroxyl groups excluding tert-OH is 4. The fraction of sp³-hybridized carbons (Fsp3) is 0.667. The minimum Gasteiger partial charge on any atom is -0.504 e. The number of allylic oxidation sites excluding steroid dienone is 4. The largest absolute Gasteiger partial charge is 0.504 e. The van der Waals surface area contributed by atoms with Crippen molar-refractivity contribution in [2.24, 2.45) is 5.92 Å². The summed E-state index contributed by atoms with van der Waals surface area (Å²) in [6, 6.07) is 0. The molecule has 0 atom stereocenters. The molecule has 0 bridgehead atoms. The van der Waals surface area contributed by atoms with Crippen molar-refractivity contribution >= 4 is 23.1 Å². The molecule has 8 heteroatoms. The lowest BCUT2D eigenvalue weighted by Crippen LogP contribution is -2.33. The highest BCUT2D eigenvalue weighted by Crippen LogP contribution is 2.37. The van der Waals surface area contributed by atoms with Gasteiger partial charge >= 0.3 is 0 Å². The van der Waals surface area contributed by atoms with Crippen LogP contribution in [0.4, 0.5) is 0 Å². The second kappa shape index (κ2) is 19.3. The zero-order valence-corrected chi connectivity index (χ0v) is 27.1.